The summed E-state index contributed by atoms with van der Waals surface area (Å²) < 4.78 is 17.8. The maximum atomic E-state index is 13.2. The summed E-state index contributed by atoms with van der Waals surface area (Å²) in [6, 6.07) is 18.8. The summed E-state index contributed by atoms with van der Waals surface area (Å²) in [5.41, 5.74) is 3.44. The molecule has 6 nitrogen and oxygen atoms in total. The highest BCUT2D eigenvalue weighted by Gasteiger charge is 2.10. The minimum absolute atomic E-state index is 0.0919. The van der Waals surface area contributed by atoms with Crippen molar-refractivity contribution in [3.8, 4) is 11.5 Å². The monoisotopic (exact) mass is 466 g/mol. The van der Waals surface area contributed by atoms with Gasteiger partial charge in [0.05, 0.1) is 24.0 Å². The topological polar surface area (TPSA) is 74.5 Å². The minimum atomic E-state index is -0.0919. The molecule has 0 aliphatic rings. The lowest BCUT2D eigenvalue weighted by molar-refractivity contribution is 0.311. The molecule has 5 rings (SSSR count). The van der Waals surface area contributed by atoms with Gasteiger partial charge in [-0.3, -0.25) is 14.8 Å². The summed E-state index contributed by atoms with van der Waals surface area (Å²) >= 11 is 0. The Kier molecular flexibility index (Phi) is 6.99. The largest absolute Gasteiger partial charge is 0.494 e. The number of hydrogen-bond acceptors (Lipinski definition) is 6. The number of ether oxygens (including phenoxy) is 2. The second-order valence-electron chi connectivity index (χ2n) is 8.36. The molecule has 5 aromatic rings. The van der Waals surface area contributed by atoms with Crippen molar-refractivity contribution in [1.82, 2.24) is 9.97 Å². The van der Waals surface area contributed by atoms with Crippen LogP contribution < -0.4 is 14.9 Å². The fraction of sp³-hybridized carbons (Fsp3) is 0.207. The number of aromatic nitrogens is 2. The number of nitrogens with zero attached hydrogens (tertiary/aromatic N) is 2. The summed E-state index contributed by atoms with van der Waals surface area (Å²) in [7, 11) is 0. The van der Waals surface area contributed by atoms with E-state index in [1.807, 2.05) is 36.4 Å². The van der Waals surface area contributed by atoms with Gasteiger partial charge in [-0.2, -0.15) is 0 Å². The molecule has 0 N–H and O–H groups in total. The highest BCUT2D eigenvalue weighted by Crippen LogP contribution is 2.25. The first-order valence-electron chi connectivity index (χ1n) is 11.8. The number of hydrogen-bond donors (Lipinski definition) is 0. The Morgan fingerprint density at radius 2 is 1.09 bits per heavy atom. The second-order valence-corrected chi connectivity index (χ2v) is 8.36. The van der Waals surface area contributed by atoms with Gasteiger partial charge in [-0.15, -0.1) is 0 Å². The molecular weight excluding hydrogens is 440 g/mol. The van der Waals surface area contributed by atoms with Gasteiger partial charge in [0, 0.05) is 24.8 Å². The van der Waals surface area contributed by atoms with E-state index in [2.05, 4.69) is 9.97 Å². The van der Waals surface area contributed by atoms with Gasteiger partial charge in [0.25, 0.3) is 0 Å². The summed E-state index contributed by atoms with van der Waals surface area (Å²) in [4.78, 5) is 21.3. The molecule has 0 spiro atoms. The first kappa shape index (κ1) is 22.6. The zero-order valence-electron chi connectivity index (χ0n) is 19.4. The Bertz CT molecular complexity index is 1360. The first-order valence-corrected chi connectivity index (χ1v) is 11.8. The maximum absolute atomic E-state index is 13.2. The lowest BCUT2D eigenvalue weighted by Crippen LogP contribution is -2.05. The molecule has 0 saturated carbocycles. The van der Waals surface area contributed by atoms with Crippen LogP contribution in [0.3, 0.4) is 0 Å². The van der Waals surface area contributed by atoms with E-state index in [-0.39, 0.29) is 5.43 Å². The van der Waals surface area contributed by atoms with Gasteiger partial charge in [0.2, 0.25) is 5.43 Å². The van der Waals surface area contributed by atoms with Crippen LogP contribution in [0.15, 0.2) is 94.7 Å². The van der Waals surface area contributed by atoms with E-state index < -0.39 is 0 Å². The molecule has 0 aliphatic carbocycles. The highest BCUT2D eigenvalue weighted by molar-refractivity contribution is 5.90. The Hall–Kier alpha value is -4.19. The van der Waals surface area contributed by atoms with Crippen LogP contribution in [0, 0.1) is 0 Å². The fourth-order valence-electron chi connectivity index (χ4n) is 4.03. The fourth-order valence-corrected chi connectivity index (χ4v) is 4.03. The molecule has 35 heavy (non-hydrogen) atoms. The van der Waals surface area contributed by atoms with Crippen molar-refractivity contribution in [3.05, 3.63) is 107 Å². The molecule has 0 atom stereocenters. The van der Waals surface area contributed by atoms with Crippen LogP contribution in [0.4, 0.5) is 0 Å². The zero-order chi connectivity index (χ0) is 23.9. The zero-order valence-corrected chi connectivity index (χ0v) is 19.4. The average molecular weight is 467 g/mol. The molecular formula is C29H26N2O4. The molecule has 0 unspecified atom stereocenters. The number of benzene rings is 2. The van der Waals surface area contributed by atoms with Gasteiger partial charge < -0.3 is 13.9 Å². The Morgan fingerprint density at radius 3 is 1.54 bits per heavy atom. The van der Waals surface area contributed by atoms with Crippen LogP contribution in [0.5, 0.6) is 11.5 Å². The van der Waals surface area contributed by atoms with Crippen molar-refractivity contribution in [1.29, 1.82) is 0 Å². The maximum Gasteiger partial charge on any atom is 0.200 e. The van der Waals surface area contributed by atoms with E-state index in [0.717, 1.165) is 25.7 Å². The summed E-state index contributed by atoms with van der Waals surface area (Å²) in [6.45, 7) is 1.12. The van der Waals surface area contributed by atoms with Crippen LogP contribution in [-0.4, -0.2) is 23.2 Å². The molecule has 0 saturated heterocycles. The van der Waals surface area contributed by atoms with Crippen molar-refractivity contribution in [2.45, 2.75) is 25.7 Å². The number of aryl methyl sites for hydroxylation is 2. The van der Waals surface area contributed by atoms with Crippen molar-refractivity contribution in [3.63, 3.8) is 0 Å². The first-order chi connectivity index (χ1) is 17.3. The third-order valence-electron chi connectivity index (χ3n) is 5.87. The van der Waals surface area contributed by atoms with Gasteiger partial charge >= 0.3 is 0 Å². The Labute approximate surface area is 203 Å². The standard InChI is InChI=1S/C29H26N2O4/c32-29-25-19-23(33-17-1-3-21-9-13-30-14-10-21)5-7-27(25)35-28-8-6-24(20-26(28)29)34-18-2-4-22-11-15-31-16-12-22/h5-16,19-20H,1-4,17-18H2. The minimum Gasteiger partial charge on any atom is -0.494 e. The summed E-state index contributed by atoms with van der Waals surface area (Å²) in [6.07, 6.45) is 10.7. The predicted octanol–water partition coefficient (Wildman–Crippen LogP) is 5.76. The molecule has 176 valence electrons. The smallest absolute Gasteiger partial charge is 0.200 e. The van der Waals surface area contributed by atoms with E-state index >= 15 is 0 Å². The highest BCUT2D eigenvalue weighted by atomic mass is 16.5. The second kappa shape index (κ2) is 10.8. The quantitative estimate of drug-likeness (QED) is 0.192. The molecule has 6 heteroatoms. The van der Waals surface area contributed by atoms with Crippen molar-refractivity contribution < 1.29 is 13.9 Å². The van der Waals surface area contributed by atoms with E-state index in [1.165, 1.54) is 11.1 Å². The molecule has 0 amide bonds. The van der Waals surface area contributed by atoms with Crippen molar-refractivity contribution >= 4 is 21.9 Å². The molecule has 0 radical (unpaired) electrons. The molecule has 0 bridgehead atoms. The van der Waals surface area contributed by atoms with E-state index in [1.54, 1.807) is 49.1 Å². The van der Waals surface area contributed by atoms with Gasteiger partial charge in [-0.1, -0.05) is 0 Å². The van der Waals surface area contributed by atoms with Crippen molar-refractivity contribution in [2.24, 2.45) is 0 Å². The molecule has 2 aromatic carbocycles. The average Bonchev–Trinajstić information content (AvgIpc) is 2.91. The van der Waals surface area contributed by atoms with E-state index in [0.29, 0.717) is 46.7 Å². The normalized spacial score (nSPS) is 11.1. The molecule has 0 fully saturated rings. The lowest BCUT2D eigenvalue weighted by atomic mass is 10.1. The number of fused-ring (bicyclic) bond motifs is 2. The Balaban J connectivity index is 1.25. The van der Waals surface area contributed by atoms with Crippen LogP contribution in [-0.2, 0) is 12.8 Å². The van der Waals surface area contributed by atoms with Gasteiger partial charge in [-0.05, 0) is 97.5 Å². The lowest BCUT2D eigenvalue weighted by Gasteiger charge is -2.09. The van der Waals surface area contributed by atoms with Crippen LogP contribution in [0.1, 0.15) is 24.0 Å². The van der Waals surface area contributed by atoms with E-state index in [4.69, 9.17) is 13.9 Å². The van der Waals surface area contributed by atoms with Gasteiger partial charge in [-0.25, -0.2) is 0 Å². The summed E-state index contributed by atoms with van der Waals surface area (Å²) in [5.74, 6) is 1.31. The van der Waals surface area contributed by atoms with Crippen LogP contribution in [0.2, 0.25) is 0 Å². The van der Waals surface area contributed by atoms with E-state index in [9.17, 15) is 4.79 Å². The third kappa shape index (κ3) is 5.66. The Morgan fingerprint density at radius 1 is 0.629 bits per heavy atom. The van der Waals surface area contributed by atoms with Crippen molar-refractivity contribution in [2.75, 3.05) is 13.2 Å². The molecule has 0 aliphatic heterocycles. The number of pyridine rings is 2. The number of rotatable bonds is 10. The molecule has 3 heterocycles. The predicted molar refractivity (Wildman–Crippen MR) is 136 cm³/mol. The van der Waals surface area contributed by atoms with Crippen LogP contribution >= 0.6 is 0 Å². The van der Waals surface area contributed by atoms with Gasteiger partial charge in [0.15, 0.2) is 0 Å². The third-order valence-corrected chi connectivity index (χ3v) is 5.87. The molecule has 3 aromatic heterocycles. The van der Waals surface area contributed by atoms with Gasteiger partial charge in [0.1, 0.15) is 22.7 Å². The summed E-state index contributed by atoms with van der Waals surface area (Å²) in [5, 5.41) is 0.998. The SMILES string of the molecule is O=c1c2cc(OCCCc3ccncc3)ccc2oc2ccc(OCCCc3ccncc3)cc12. The van der Waals surface area contributed by atoms with Crippen LogP contribution in [0.25, 0.3) is 21.9 Å².